The van der Waals surface area contributed by atoms with Crippen LogP contribution in [0.2, 0.25) is 5.15 Å². The number of nitrogens with one attached hydrogen (secondary N) is 1. The second kappa shape index (κ2) is 6.34. The van der Waals surface area contributed by atoms with Crippen molar-refractivity contribution in [1.29, 1.82) is 5.26 Å². The molecule has 0 saturated carbocycles. The lowest BCUT2D eigenvalue weighted by molar-refractivity contribution is 0.0368. The van der Waals surface area contributed by atoms with E-state index in [0.29, 0.717) is 10.0 Å². The Kier molecular flexibility index (Phi) is 4.78. The van der Waals surface area contributed by atoms with Gasteiger partial charge in [-0.15, -0.1) is 0 Å². The number of ether oxygens (including phenoxy) is 1. The number of aromatic nitrogens is 1. The predicted molar refractivity (Wildman–Crippen MR) is 72.2 cm³/mol. The molecular weight excluding hydrogens is 272 g/mol. The minimum atomic E-state index is 0.261. The summed E-state index contributed by atoms with van der Waals surface area (Å²) in [5.41, 5.74) is 0. The van der Waals surface area contributed by atoms with Crippen molar-refractivity contribution in [2.24, 2.45) is 0 Å². The van der Waals surface area contributed by atoms with Crippen LogP contribution in [0.4, 0.5) is 5.13 Å². The van der Waals surface area contributed by atoms with Crippen molar-refractivity contribution in [3.63, 3.8) is 0 Å². The lowest BCUT2D eigenvalue weighted by Crippen LogP contribution is -2.42. The van der Waals surface area contributed by atoms with Crippen molar-refractivity contribution in [2.75, 3.05) is 38.2 Å². The summed E-state index contributed by atoms with van der Waals surface area (Å²) in [6.07, 6.45) is 0. The highest BCUT2D eigenvalue weighted by Crippen LogP contribution is 2.26. The van der Waals surface area contributed by atoms with E-state index in [9.17, 15) is 0 Å². The Morgan fingerprint density at radius 2 is 2.33 bits per heavy atom. The minimum Gasteiger partial charge on any atom is -0.379 e. The lowest BCUT2D eigenvalue weighted by atomic mass is 10.3. The predicted octanol–water partition coefficient (Wildman–Crippen LogP) is 1.80. The third kappa shape index (κ3) is 3.56. The molecular formula is C11H15ClN4OS. The molecule has 7 heteroatoms. The van der Waals surface area contributed by atoms with Gasteiger partial charge in [0.1, 0.15) is 10.9 Å². The van der Waals surface area contributed by atoms with Crippen molar-refractivity contribution in [3.05, 3.63) is 10.0 Å². The number of nitrogens with zero attached hydrogens (tertiary/aromatic N) is 3. The van der Waals surface area contributed by atoms with Crippen LogP contribution in [0.5, 0.6) is 0 Å². The monoisotopic (exact) mass is 286 g/mol. The van der Waals surface area contributed by atoms with E-state index in [4.69, 9.17) is 21.6 Å². The molecule has 1 fully saturated rings. The molecule has 0 radical (unpaired) electrons. The Hall–Kier alpha value is -0.870. The molecule has 0 amide bonds. The van der Waals surface area contributed by atoms with Gasteiger partial charge in [-0.2, -0.15) is 5.26 Å². The van der Waals surface area contributed by atoms with Crippen LogP contribution in [0, 0.1) is 11.3 Å². The molecule has 1 unspecified atom stereocenters. The van der Waals surface area contributed by atoms with E-state index in [0.717, 1.165) is 32.8 Å². The van der Waals surface area contributed by atoms with Gasteiger partial charge in [-0.25, -0.2) is 4.98 Å². The van der Waals surface area contributed by atoms with Crippen molar-refractivity contribution in [2.45, 2.75) is 13.0 Å². The van der Waals surface area contributed by atoms with Crippen LogP contribution in [0.15, 0.2) is 0 Å². The summed E-state index contributed by atoms with van der Waals surface area (Å²) in [5, 5.41) is 13.1. The van der Waals surface area contributed by atoms with E-state index in [1.807, 2.05) is 6.07 Å². The first kappa shape index (κ1) is 13.6. The molecule has 5 nitrogen and oxygen atoms in total. The third-order valence-corrected chi connectivity index (χ3v) is 3.97. The summed E-state index contributed by atoms with van der Waals surface area (Å²) in [5.74, 6) is 0. The third-order valence-electron chi connectivity index (χ3n) is 2.69. The summed E-state index contributed by atoms with van der Waals surface area (Å²) in [4.78, 5) is 6.93. The fourth-order valence-corrected chi connectivity index (χ4v) is 2.92. The van der Waals surface area contributed by atoms with E-state index >= 15 is 0 Å². The molecule has 1 N–H and O–H groups in total. The second-order valence-corrected chi connectivity index (χ2v) is 5.57. The first-order valence-electron chi connectivity index (χ1n) is 5.82. The van der Waals surface area contributed by atoms with Crippen LogP contribution in [0.3, 0.4) is 0 Å². The van der Waals surface area contributed by atoms with Crippen LogP contribution in [0.25, 0.3) is 0 Å². The molecule has 1 aromatic heterocycles. The number of hydrogen-bond acceptors (Lipinski definition) is 6. The van der Waals surface area contributed by atoms with E-state index in [2.05, 4.69) is 22.1 Å². The standard InChI is InChI=1S/C11H15ClN4OS/c1-8(7-16-2-4-17-5-3-16)14-11-15-10(12)9(6-13)18-11/h8H,2-5,7H2,1H3,(H,14,15). The van der Waals surface area contributed by atoms with Gasteiger partial charge < -0.3 is 10.1 Å². The van der Waals surface area contributed by atoms with E-state index in [1.165, 1.54) is 11.3 Å². The number of rotatable bonds is 4. The van der Waals surface area contributed by atoms with Gasteiger partial charge in [-0.1, -0.05) is 22.9 Å². The van der Waals surface area contributed by atoms with Gasteiger partial charge in [0.05, 0.1) is 13.2 Å². The fourth-order valence-electron chi connectivity index (χ4n) is 1.86. The average molecular weight is 287 g/mol. The van der Waals surface area contributed by atoms with Gasteiger partial charge in [0, 0.05) is 25.7 Å². The summed E-state index contributed by atoms with van der Waals surface area (Å²) < 4.78 is 5.31. The van der Waals surface area contributed by atoms with Gasteiger partial charge >= 0.3 is 0 Å². The van der Waals surface area contributed by atoms with Crippen molar-refractivity contribution in [3.8, 4) is 6.07 Å². The number of halogens is 1. The van der Waals surface area contributed by atoms with Gasteiger partial charge in [0.15, 0.2) is 10.3 Å². The highest BCUT2D eigenvalue weighted by atomic mass is 35.5. The Morgan fingerprint density at radius 3 is 2.94 bits per heavy atom. The van der Waals surface area contributed by atoms with Crippen molar-refractivity contribution in [1.82, 2.24) is 9.88 Å². The molecule has 1 aliphatic heterocycles. The summed E-state index contributed by atoms with van der Waals surface area (Å²) >= 11 is 7.12. The summed E-state index contributed by atoms with van der Waals surface area (Å²) in [6.45, 7) is 6.56. The highest BCUT2D eigenvalue weighted by molar-refractivity contribution is 7.16. The molecule has 2 rings (SSSR count). The summed E-state index contributed by atoms with van der Waals surface area (Å²) in [7, 11) is 0. The van der Waals surface area contributed by atoms with Crippen LogP contribution in [0.1, 0.15) is 11.8 Å². The number of nitriles is 1. The van der Waals surface area contributed by atoms with Gasteiger partial charge in [0.25, 0.3) is 0 Å². The molecule has 18 heavy (non-hydrogen) atoms. The molecule has 0 aliphatic carbocycles. The van der Waals surface area contributed by atoms with E-state index in [-0.39, 0.29) is 11.2 Å². The van der Waals surface area contributed by atoms with Crippen LogP contribution in [-0.2, 0) is 4.74 Å². The molecule has 1 atom stereocenters. The zero-order valence-corrected chi connectivity index (χ0v) is 11.7. The number of hydrogen-bond donors (Lipinski definition) is 1. The average Bonchev–Trinajstić information content (AvgIpc) is 2.70. The number of thiazole rings is 1. The van der Waals surface area contributed by atoms with E-state index in [1.54, 1.807) is 0 Å². The molecule has 0 spiro atoms. The maximum absolute atomic E-state index is 8.81. The van der Waals surface area contributed by atoms with Crippen molar-refractivity contribution >= 4 is 28.1 Å². The largest absolute Gasteiger partial charge is 0.379 e. The van der Waals surface area contributed by atoms with E-state index < -0.39 is 0 Å². The molecule has 0 bridgehead atoms. The van der Waals surface area contributed by atoms with Crippen LogP contribution < -0.4 is 5.32 Å². The van der Waals surface area contributed by atoms with Gasteiger partial charge in [0.2, 0.25) is 0 Å². The second-order valence-electron chi connectivity index (χ2n) is 4.21. The minimum absolute atomic E-state index is 0.261. The van der Waals surface area contributed by atoms with Crippen LogP contribution in [-0.4, -0.2) is 48.8 Å². The maximum Gasteiger partial charge on any atom is 0.185 e. The SMILES string of the molecule is CC(CN1CCOCC1)Nc1nc(Cl)c(C#N)s1. The molecule has 98 valence electrons. The lowest BCUT2D eigenvalue weighted by Gasteiger charge is -2.29. The fraction of sp³-hybridized carbons (Fsp3) is 0.636. The Labute approximate surface area is 115 Å². The van der Waals surface area contributed by atoms with Crippen LogP contribution >= 0.6 is 22.9 Å². The molecule has 1 aliphatic rings. The Balaban J connectivity index is 1.86. The molecule has 1 aromatic rings. The number of morpholine rings is 1. The summed E-state index contributed by atoms with van der Waals surface area (Å²) in [6, 6.07) is 2.29. The zero-order chi connectivity index (χ0) is 13.0. The molecule has 0 aromatic carbocycles. The first-order chi connectivity index (χ1) is 8.69. The maximum atomic E-state index is 8.81. The highest BCUT2D eigenvalue weighted by Gasteiger charge is 2.15. The normalized spacial score (nSPS) is 18.3. The number of anilines is 1. The smallest absolute Gasteiger partial charge is 0.185 e. The quantitative estimate of drug-likeness (QED) is 0.914. The zero-order valence-electron chi connectivity index (χ0n) is 10.1. The Morgan fingerprint density at radius 1 is 1.61 bits per heavy atom. The molecule has 2 heterocycles. The Bertz CT molecular complexity index is 439. The van der Waals surface area contributed by atoms with Gasteiger partial charge in [-0.3, -0.25) is 4.90 Å². The molecule has 1 saturated heterocycles. The van der Waals surface area contributed by atoms with Gasteiger partial charge in [-0.05, 0) is 6.92 Å². The van der Waals surface area contributed by atoms with Crippen molar-refractivity contribution < 1.29 is 4.74 Å². The topological polar surface area (TPSA) is 61.2 Å². The first-order valence-corrected chi connectivity index (χ1v) is 7.01.